The number of carbonyl (C=O) groups is 1. The molecule has 1 heterocycles. The number of nitrogens with one attached hydrogen (secondary N) is 2. The molecule has 0 unspecified atom stereocenters. The third-order valence-corrected chi connectivity index (χ3v) is 4.64. The molecule has 4 N–H and O–H groups in total. The zero-order chi connectivity index (χ0) is 18.0. The first kappa shape index (κ1) is 20.7. The first-order valence-electron chi connectivity index (χ1n) is 8.89. The number of methoxy groups -OCH3 is 1. The van der Waals surface area contributed by atoms with Crippen molar-refractivity contribution in [3.63, 3.8) is 0 Å². The van der Waals surface area contributed by atoms with Crippen LogP contribution in [0.1, 0.15) is 39.5 Å². The van der Waals surface area contributed by atoms with Gasteiger partial charge in [0.05, 0.1) is 5.60 Å². The van der Waals surface area contributed by atoms with Crippen LogP contribution in [0.2, 0.25) is 0 Å². The molecule has 140 valence electrons. The van der Waals surface area contributed by atoms with Crippen molar-refractivity contribution in [1.82, 2.24) is 15.5 Å². The third-order valence-electron chi connectivity index (χ3n) is 4.64. The average molecular weight is 342 g/mol. The first-order valence-corrected chi connectivity index (χ1v) is 8.89. The van der Waals surface area contributed by atoms with Gasteiger partial charge in [0.15, 0.2) is 5.96 Å². The molecule has 0 aromatic carbocycles. The largest absolute Gasteiger partial charge is 0.377 e. The molecule has 1 aliphatic heterocycles. The summed E-state index contributed by atoms with van der Waals surface area (Å²) in [5.41, 5.74) is 5.15. The predicted molar refractivity (Wildman–Crippen MR) is 98.0 cm³/mol. The highest BCUT2D eigenvalue weighted by molar-refractivity contribution is 5.79. The van der Waals surface area contributed by atoms with E-state index in [9.17, 15) is 4.79 Å². The van der Waals surface area contributed by atoms with E-state index in [0.717, 1.165) is 57.8 Å². The smallest absolute Gasteiger partial charge is 0.220 e. The van der Waals surface area contributed by atoms with Gasteiger partial charge in [-0.25, -0.2) is 0 Å². The number of hydrogen-bond acceptors (Lipinski definition) is 4. The summed E-state index contributed by atoms with van der Waals surface area (Å²) in [7, 11) is 3.49. The van der Waals surface area contributed by atoms with Crippen molar-refractivity contribution in [2.45, 2.75) is 45.1 Å². The van der Waals surface area contributed by atoms with Gasteiger partial charge >= 0.3 is 0 Å². The number of guanidine groups is 1. The standard InChI is InChI=1S/C17H35N5O2/c1-17(2,24-4)13-21-16(19-3)20-9-5-6-10-22-11-7-14(8-12-22)15(18)23/h14H,5-13H2,1-4H3,(H2,18,23)(H2,19,20,21). The van der Waals surface area contributed by atoms with Crippen LogP contribution >= 0.6 is 0 Å². The molecular formula is C17H35N5O2. The molecule has 0 aromatic heterocycles. The second-order valence-corrected chi connectivity index (χ2v) is 7.04. The van der Waals surface area contributed by atoms with Crippen molar-refractivity contribution in [2.24, 2.45) is 16.6 Å². The Morgan fingerprint density at radius 3 is 2.50 bits per heavy atom. The Labute approximate surface area is 146 Å². The summed E-state index contributed by atoms with van der Waals surface area (Å²) in [6.07, 6.45) is 4.03. The number of carbonyl (C=O) groups excluding carboxylic acids is 1. The second kappa shape index (κ2) is 10.5. The number of ether oxygens (including phenoxy) is 1. The van der Waals surface area contributed by atoms with Crippen molar-refractivity contribution in [3.8, 4) is 0 Å². The van der Waals surface area contributed by atoms with Gasteiger partial charge in [0.1, 0.15) is 0 Å². The number of hydrogen-bond donors (Lipinski definition) is 3. The zero-order valence-electron chi connectivity index (χ0n) is 15.7. The molecule has 1 saturated heterocycles. The van der Waals surface area contributed by atoms with Crippen LogP contribution in [0.4, 0.5) is 0 Å². The quantitative estimate of drug-likeness (QED) is 0.324. The van der Waals surface area contributed by atoms with Gasteiger partial charge in [0, 0.05) is 33.2 Å². The van der Waals surface area contributed by atoms with E-state index in [4.69, 9.17) is 10.5 Å². The molecule has 1 fully saturated rings. The van der Waals surface area contributed by atoms with Gasteiger partial charge in [-0.15, -0.1) is 0 Å². The van der Waals surface area contributed by atoms with Crippen LogP contribution < -0.4 is 16.4 Å². The molecule has 0 bridgehead atoms. The van der Waals surface area contributed by atoms with Crippen LogP contribution in [0.5, 0.6) is 0 Å². The Balaban J connectivity index is 2.10. The summed E-state index contributed by atoms with van der Waals surface area (Å²) in [6.45, 7) is 8.72. The Kier molecular flexibility index (Phi) is 9.07. The minimum atomic E-state index is -0.214. The van der Waals surface area contributed by atoms with E-state index in [1.165, 1.54) is 0 Å². The minimum Gasteiger partial charge on any atom is -0.377 e. The van der Waals surface area contributed by atoms with E-state index in [2.05, 4.69) is 20.5 Å². The van der Waals surface area contributed by atoms with Crippen LogP contribution in [-0.4, -0.2) is 69.2 Å². The lowest BCUT2D eigenvalue weighted by atomic mass is 9.96. The van der Waals surface area contributed by atoms with Crippen LogP contribution in [-0.2, 0) is 9.53 Å². The summed E-state index contributed by atoms with van der Waals surface area (Å²) < 4.78 is 5.39. The highest BCUT2D eigenvalue weighted by Gasteiger charge is 2.22. The number of primary amides is 1. The molecule has 0 atom stereocenters. The van der Waals surface area contributed by atoms with Crippen LogP contribution in [0, 0.1) is 5.92 Å². The van der Waals surface area contributed by atoms with Crippen LogP contribution in [0.3, 0.4) is 0 Å². The Morgan fingerprint density at radius 1 is 1.29 bits per heavy atom. The fourth-order valence-corrected chi connectivity index (χ4v) is 2.70. The summed E-state index contributed by atoms with van der Waals surface area (Å²) >= 11 is 0. The van der Waals surface area contributed by atoms with Gasteiger partial charge < -0.3 is 26.0 Å². The van der Waals surface area contributed by atoms with Gasteiger partial charge in [-0.05, 0) is 59.2 Å². The Bertz CT molecular complexity index is 404. The van der Waals surface area contributed by atoms with Crippen LogP contribution in [0.25, 0.3) is 0 Å². The number of nitrogens with zero attached hydrogens (tertiary/aromatic N) is 2. The molecule has 1 aliphatic rings. The summed E-state index contributed by atoms with van der Waals surface area (Å²) in [4.78, 5) is 17.8. The zero-order valence-corrected chi connectivity index (χ0v) is 15.7. The molecule has 0 radical (unpaired) electrons. The number of nitrogens with two attached hydrogens (primary N) is 1. The Morgan fingerprint density at radius 2 is 1.96 bits per heavy atom. The maximum Gasteiger partial charge on any atom is 0.220 e. The van der Waals surface area contributed by atoms with Crippen molar-refractivity contribution in [1.29, 1.82) is 0 Å². The Hall–Kier alpha value is -1.34. The highest BCUT2D eigenvalue weighted by Crippen LogP contribution is 2.16. The van der Waals surface area contributed by atoms with Gasteiger partial charge in [-0.1, -0.05) is 0 Å². The molecular weight excluding hydrogens is 306 g/mol. The topological polar surface area (TPSA) is 92.0 Å². The summed E-state index contributed by atoms with van der Waals surface area (Å²) in [5, 5.41) is 6.61. The second-order valence-electron chi connectivity index (χ2n) is 7.04. The SMILES string of the molecule is CN=C(NCCCCN1CCC(C(N)=O)CC1)NCC(C)(C)OC. The first-order chi connectivity index (χ1) is 11.4. The van der Waals surface area contributed by atoms with Gasteiger partial charge in [0.25, 0.3) is 0 Å². The molecule has 1 rings (SSSR count). The monoisotopic (exact) mass is 341 g/mol. The molecule has 0 spiro atoms. The van der Waals surface area contributed by atoms with Crippen molar-refractivity contribution in [2.75, 3.05) is 46.9 Å². The molecule has 1 amide bonds. The number of likely N-dealkylation sites (tertiary alicyclic amines) is 1. The summed E-state index contributed by atoms with van der Waals surface area (Å²) in [5.74, 6) is 0.741. The lowest BCUT2D eigenvalue weighted by Crippen LogP contribution is -2.45. The van der Waals surface area contributed by atoms with Gasteiger partial charge in [-0.2, -0.15) is 0 Å². The normalized spacial score (nSPS) is 17.8. The maximum absolute atomic E-state index is 11.2. The fraction of sp³-hybridized carbons (Fsp3) is 0.882. The molecule has 7 heteroatoms. The van der Waals surface area contributed by atoms with E-state index in [1.54, 1.807) is 14.2 Å². The van der Waals surface area contributed by atoms with E-state index in [-0.39, 0.29) is 17.4 Å². The lowest BCUT2D eigenvalue weighted by Gasteiger charge is -2.30. The van der Waals surface area contributed by atoms with Crippen molar-refractivity contribution in [3.05, 3.63) is 0 Å². The number of piperidine rings is 1. The van der Waals surface area contributed by atoms with Crippen molar-refractivity contribution >= 4 is 11.9 Å². The summed E-state index contributed by atoms with van der Waals surface area (Å²) in [6, 6.07) is 0. The molecule has 24 heavy (non-hydrogen) atoms. The van der Waals surface area contributed by atoms with Gasteiger partial charge in [0.2, 0.25) is 5.91 Å². The predicted octanol–water partition coefficient (Wildman–Crippen LogP) is 0.554. The van der Waals surface area contributed by atoms with E-state index in [0.29, 0.717) is 6.54 Å². The average Bonchev–Trinajstić information content (AvgIpc) is 2.57. The third kappa shape index (κ3) is 7.97. The highest BCUT2D eigenvalue weighted by atomic mass is 16.5. The maximum atomic E-state index is 11.2. The number of unbranched alkanes of at least 4 members (excludes halogenated alkanes) is 1. The number of amides is 1. The van der Waals surface area contributed by atoms with E-state index >= 15 is 0 Å². The number of rotatable bonds is 9. The molecule has 0 aromatic rings. The van der Waals surface area contributed by atoms with Crippen LogP contribution in [0.15, 0.2) is 4.99 Å². The molecule has 0 saturated carbocycles. The lowest BCUT2D eigenvalue weighted by molar-refractivity contribution is -0.123. The minimum absolute atomic E-state index is 0.0775. The fourth-order valence-electron chi connectivity index (χ4n) is 2.70. The molecule has 0 aliphatic carbocycles. The van der Waals surface area contributed by atoms with Gasteiger partial charge in [-0.3, -0.25) is 9.79 Å². The number of aliphatic imine (C=N–C) groups is 1. The van der Waals surface area contributed by atoms with Crippen molar-refractivity contribution < 1.29 is 9.53 Å². The van der Waals surface area contributed by atoms with E-state index < -0.39 is 0 Å². The molecule has 7 nitrogen and oxygen atoms in total. The van der Waals surface area contributed by atoms with E-state index in [1.807, 2.05) is 13.8 Å².